The van der Waals surface area contributed by atoms with Gasteiger partial charge in [-0.05, 0) is 79.2 Å². The fourth-order valence-electron chi connectivity index (χ4n) is 8.91. The Morgan fingerprint density at radius 1 is 0.426 bits per heavy atom. The summed E-state index contributed by atoms with van der Waals surface area (Å²) in [6, 6.07) is 60.4. The van der Waals surface area contributed by atoms with Crippen molar-refractivity contribution in [2.45, 2.75) is 19.3 Å². The number of aromatic nitrogens is 2. The molecule has 0 amide bonds. The van der Waals surface area contributed by atoms with Gasteiger partial charge in [-0.2, -0.15) is 0 Å². The van der Waals surface area contributed by atoms with Crippen molar-refractivity contribution in [2.24, 2.45) is 0 Å². The highest BCUT2D eigenvalue weighted by atomic mass is 16.3. The summed E-state index contributed by atoms with van der Waals surface area (Å²) in [6.07, 6.45) is 0. The Labute approximate surface area is 313 Å². The Morgan fingerprint density at radius 2 is 1.06 bits per heavy atom. The highest BCUT2D eigenvalue weighted by Gasteiger charge is 2.38. The van der Waals surface area contributed by atoms with Crippen LogP contribution < -0.4 is 0 Å². The zero-order valence-electron chi connectivity index (χ0n) is 30.0. The van der Waals surface area contributed by atoms with Crippen molar-refractivity contribution in [1.29, 1.82) is 0 Å². The van der Waals surface area contributed by atoms with Gasteiger partial charge in [-0.15, -0.1) is 0 Å². The molecule has 1 aliphatic carbocycles. The number of hydrogen-bond donors (Lipinski definition) is 0. The van der Waals surface area contributed by atoms with E-state index in [0.717, 1.165) is 55.4 Å². The van der Waals surface area contributed by atoms with Crippen molar-refractivity contribution in [2.75, 3.05) is 0 Å². The molecule has 0 saturated carbocycles. The summed E-state index contributed by atoms with van der Waals surface area (Å²) in [4.78, 5) is 10.6. The molecule has 0 aliphatic heterocycles. The number of para-hydroxylation sites is 2. The molecule has 2 aromatic heterocycles. The number of fused-ring (bicyclic) bond motifs is 9. The van der Waals surface area contributed by atoms with Crippen LogP contribution in [0.25, 0.3) is 99.6 Å². The first-order chi connectivity index (χ1) is 26.5. The molecule has 0 unspecified atom stereocenters. The minimum atomic E-state index is -0.120. The first kappa shape index (κ1) is 30.8. The van der Waals surface area contributed by atoms with Gasteiger partial charge in [0.25, 0.3) is 0 Å². The lowest BCUT2D eigenvalue weighted by Gasteiger charge is -2.22. The predicted octanol–water partition coefficient (Wildman–Crippen LogP) is 13.7. The second-order valence-corrected chi connectivity index (χ2v) is 14.9. The Bertz CT molecular complexity index is 3130. The van der Waals surface area contributed by atoms with Crippen LogP contribution >= 0.6 is 0 Å². The molecule has 254 valence electrons. The quantitative estimate of drug-likeness (QED) is 0.184. The maximum atomic E-state index is 6.51. The molecule has 0 spiro atoms. The molecule has 0 fully saturated rings. The molecule has 0 atom stereocenters. The lowest BCUT2D eigenvalue weighted by Crippen LogP contribution is -2.14. The fraction of sp³-hybridized carbons (Fsp3) is 0.0588. The van der Waals surface area contributed by atoms with Gasteiger partial charge < -0.3 is 4.42 Å². The highest BCUT2D eigenvalue weighted by molar-refractivity contribution is 6.12. The molecule has 3 nitrogen and oxygen atoms in total. The third-order valence-electron chi connectivity index (χ3n) is 11.5. The van der Waals surface area contributed by atoms with Crippen molar-refractivity contribution >= 4 is 43.5 Å². The molecule has 2 heterocycles. The van der Waals surface area contributed by atoms with Gasteiger partial charge in [0.2, 0.25) is 0 Å². The smallest absolute Gasteiger partial charge is 0.161 e. The maximum absolute atomic E-state index is 6.51. The second-order valence-electron chi connectivity index (χ2n) is 14.9. The van der Waals surface area contributed by atoms with Gasteiger partial charge in [-0.25, -0.2) is 9.97 Å². The summed E-state index contributed by atoms with van der Waals surface area (Å²) in [6.45, 7) is 4.72. The molecule has 3 heteroatoms. The van der Waals surface area contributed by atoms with Crippen LogP contribution in [0, 0.1) is 0 Å². The summed E-state index contributed by atoms with van der Waals surface area (Å²) >= 11 is 0. The normalized spacial score (nSPS) is 13.1. The average molecular weight is 691 g/mol. The average Bonchev–Trinajstić information content (AvgIpc) is 3.73. The van der Waals surface area contributed by atoms with Crippen molar-refractivity contribution in [3.63, 3.8) is 0 Å². The van der Waals surface area contributed by atoms with Crippen LogP contribution in [-0.4, -0.2) is 9.97 Å². The number of furan rings is 1. The standard InChI is InChI=1S/C51H34N2O/c1-51(2)42-24-13-21-38(48(42)47-33-17-7-6-14-31(33)26-29-43(47)51)36-27-28-40(35-19-9-8-18-34(35)36)50-52-44(32-15-4-3-5-16-32)30-45(53-50)41-23-12-22-39-37-20-10-11-25-46(37)54-49(39)41/h3-30H,1-2H3. The second kappa shape index (κ2) is 11.6. The predicted molar refractivity (Wildman–Crippen MR) is 224 cm³/mol. The van der Waals surface area contributed by atoms with Gasteiger partial charge in [0.05, 0.1) is 11.4 Å². The summed E-state index contributed by atoms with van der Waals surface area (Å²) in [5.74, 6) is 0.679. The van der Waals surface area contributed by atoms with Gasteiger partial charge in [-0.1, -0.05) is 159 Å². The van der Waals surface area contributed by atoms with Gasteiger partial charge in [0, 0.05) is 32.9 Å². The van der Waals surface area contributed by atoms with Crippen molar-refractivity contribution in [3.05, 3.63) is 181 Å². The monoisotopic (exact) mass is 690 g/mol. The zero-order valence-corrected chi connectivity index (χ0v) is 30.0. The molecule has 0 bridgehead atoms. The topological polar surface area (TPSA) is 38.9 Å². The van der Waals surface area contributed by atoms with Crippen LogP contribution in [0.2, 0.25) is 0 Å². The Balaban J connectivity index is 1.15. The summed E-state index contributed by atoms with van der Waals surface area (Å²) in [5.41, 5.74) is 14.1. The van der Waals surface area contributed by atoms with E-state index in [2.05, 4.69) is 166 Å². The first-order valence-corrected chi connectivity index (χ1v) is 18.6. The van der Waals surface area contributed by atoms with E-state index in [-0.39, 0.29) is 5.41 Å². The van der Waals surface area contributed by atoms with Gasteiger partial charge in [0.1, 0.15) is 11.2 Å². The third kappa shape index (κ3) is 4.48. The molecule has 54 heavy (non-hydrogen) atoms. The fourth-order valence-corrected chi connectivity index (χ4v) is 8.91. The van der Waals surface area contributed by atoms with E-state index in [9.17, 15) is 0 Å². The molecule has 0 N–H and O–H groups in total. The number of hydrogen-bond acceptors (Lipinski definition) is 3. The van der Waals surface area contributed by atoms with E-state index in [0.29, 0.717) is 5.82 Å². The lowest BCUT2D eigenvalue weighted by atomic mass is 9.81. The van der Waals surface area contributed by atoms with Crippen molar-refractivity contribution in [3.8, 4) is 56.2 Å². The maximum Gasteiger partial charge on any atom is 0.161 e. The molecular formula is C51H34N2O. The number of rotatable bonds is 4. The minimum absolute atomic E-state index is 0.120. The zero-order chi connectivity index (χ0) is 36.0. The van der Waals surface area contributed by atoms with Gasteiger partial charge in [0.15, 0.2) is 5.82 Å². The molecule has 1 aliphatic rings. The van der Waals surface area contributed by atoms with E-state index in [1.54, 1.807) is 0 Å². The molecular weight excluding hydrogens is 657 g/mol. The summed E-state index contributed by atoms with van der Waals surface area (Å²) < 4.78 is 6.51. The first-order valence-electron chi connectivity index (χ1n) is 18.6. The van der Waals surface area contributed by atoms with E-state index in [4.69, 9.17) is 14.4 Å². The highest BCUT2D eigenvalue weighted by Crippen LogP contribution is 2.55. The largest absolute Gasteiger partial charge is 0.455 e. The van der Waals surface area contributed by atoms with Crippen LogP contribution in [0.4, 0.5) is 0 Å². The van der Waals surface area contributed by atoms with Crippen LogP contribution in [0.5, 0.6) is 0 Å². The molecule has 0 saturated heterocycles. The van der Waals surface area contributed by atoms with E-state index >= 15 is 0 Å². The Morgan fingerprint density at radius 3 is 1.91 bits per heavy atom. The van der Waals surface area contributed by atoms with Crippen molar-refractivity contribution in [1.82, 2.24) is 9.97 Å². The van der Waals surface area contributed by atoms with Gasteiger partial charge >= 0.3 is 0 Å². The van der Waals surface area contributed by atoms with Crippen LogP contribution in [0.3, 0.4) is 0 Å². The van der Waals surface area contributed by atoms with Crippen molar-refractivity contribution < 1.29 is 4.42 Å². The molecule has 10 aromatic rings. The van der Waals surface area contributed by atoms with Crippen LogP contribution in [-0.2, 0) is 5.41 Å². The third-order valence-corrected chi connectivity index (χ3v) is 11.5. The minimum Gasteiger partial charge on any atom is -0.455 e. The number of benzene rings is 8. The van der Waals surface area contributed by atoms with E-state index in [1.807, 2.05) is 18.2 Å². The van der Waals surface area contributed by atoms with E-state index < -0.39 is 0 Å². The summed E-state index contributed by atoms with van der Waals surface area (Å²) in [7, 11) is 0. The van der Waals surface area contributed by atoms with E-state index in [1.165, 1.54) is 49.5 Å². The molecule has 0 radical (unpaired) electrons. The molecule has 8 aromatic carbocycles. The summed E-state index contributed by atoms with van der Waals surface area (Å²) in [5, 5.41) is 7.02. The Hall–Kier alpha value is -6.84. The SMILES string of the molecule is CC1(C)c2cccc(-c3ccc(-c4nc(-c5ccccc5)cc(-c5cccc6c5oc5ccccc56)n4)c4ccccc34)c2-c2c1ccc1ccccc21. The lowest BCUT2D eigenvalue weighted by molar-refractivity contribution is 0.661. The van der Waals surface area contributed by atoms with Crippen LogP contribution in [0.15, 0.2) is 174 Å². The molecule has 11 rings (SSSR count). The van der Waals surface area contributed by atoms with Gasteiger partial charge in [-0.3, -0.25) is 0 Å². The van der Waals surface area contributed by atoms with Crippen LogP contribution in [0.1, 0.15) is 25.0 Å². The Kier molecular flexibility index (Phi) is 6.60. The number of nitrogens with zero attached hydrogens (tertiary/aromatic N) is 2.